The fourth-order valence-electron chi connectivity index (χ4n) is 2.50. The van der Waals surface area contributed by atoms with Gasteiger partial charge in [0.05, 0.1) is 16.9 Å². The van der Waals surface area contributed by atoms with E-state index >= 15 is 0 Å². The molecule has 0 saturated carbocycles. The smallest absolute Gasteiger partial charge is 0.416 e. The Morgan fingerprint density at radius 2 is 1.89 bits per heavy atom. The van der Waals surface area contributed by atoms with E-state index in [0.29, 0.717) is 18.8 Å². The number of rotatable bonds is 7. The average molecular weight is 383 g/mol. The maximum atomic E-state index is 13.0. The van der Waals surface area contributed by atoms with Crippen molar-refractivity contribution in [3.63, 3.8) is 0 Å². The molecule has 2 N–H and O–H groups in total. The Morgan fingerprint density at radius 1 is 1.19 bits per heavy atom. The molecule has 2 rings (SSSR count). The molecule has 1 amide bonds. The topological polar surface area (TPSA) is 74.4 Å². The number of carbonyl (C=O) groups is 2. The highest BCUT2D eigenvalue weighted by atomic mass is 19.4. The Bertz CT molecular complexity index is 785. The van der Waals surface area contributed by atoms with Crippen molar-refractivity contribution in [3.8, 4) is 0 Å². The van der Waals surface area contributed by atoms with Crippen LogP contribution < -0.4 is 10.2 Å². The molecule has 0 saturated heterocycles. The summed E-state index contributed by atoms with van der Waals surface area (Å²) in [4.78, 5) is 28.3. The van der Waals surface area contributed by atoms with Crippen molar-refractivity contribution in [1.82, 2.24) is 4.98 Å². The van der Waals surface area contributed by atoms with Crippen LogP contribution in [0.1, 0.15) is 29.9 Å². The molecule has 0 radical (unpaired) electrons. The Labute approximate surface area is 154 Å². The maximum absolute atomic E-state index is 13.0. The number of halogens is 3. The maximum Gasteiger partial charge on any atom is 0.416 e. The van der Waals surface area contributed by atoms with Crippen molar-refractivity contribution in [2.75, 3.05) is 29.9 Å². The van der Waals surface area contributed by atoms with Crippen molar-refractivity contribution < 1.29 is 27.5 Å². The van der Waals surface area contributed by atoms with Gasteiger partial charge >= 0.3 is 12.1 Å². The molecule has 1 aromatic carbocycles. The number of alkyl halides is 3. The van der Waals surface area contributed by atoms with Gasteiger partial charge < -0.3 is 19.9 Å². The fraction of sp³-hybridized carbons (Fsp3) is 0.333. The van der Waals surface area contributed by atoms with Gasteiger partial charge in [-0.3, -0.25) is 4.79 Å². The van der Waals surface area contributed by atoms with E-state index in [-0.39, 0.29) is 11.4 Å². The molecule has 9 heteroatoms. The third kappa shape index (κ3) is 5.25. The summed E-state index contributed by atoms with van der Waals surface area (Å²) in [7, 11) is 0. The number of hydrogen-bond acceptors (Lipinski definition) is 4. The molecule has 1 aromatic heterocycles. The number of nitrogens with one attached hydrogen (secondary N) is 2. The number of aromatic nitrogens is 1. The van der Waals surface area contributed by atoms with E-state index in [1.165, 1.54) is 18.3 Å². The normalized spacial score (nSPS) is 11.1. The Hall–Kier alpha value is -2.97. The molecular formula is C18H20F3N3O3. The second-order valence-corrected chi connectivity index (χ2v) is 5.61. The number of anilines is 2. The lowest BCUT2D eigenvalue weighted by Crippen LogP contribution is -2.26. The lowest BCUT2D eigenvalue weighted by Gasteiger charge is -2.25. The summed E-state index contributed by atoms with van der Waals surface area (Å²) in [6.45, 7) is 4.18. The zero-order valence-electron chi connectivity index (χ0n) is 14.9. The summed E-state index contributed by atoms with van der Waals surface area (Å²) >= 11 is 0. The number of benzene rings is 1. The molecule has 146 valence electrons. The molecule has 0 aliphatic heterocycles. The minimum atomic E-state index is -4.54. The zero-order chi connectivity index (χ0) is 20.0. The minimum absolute atomic E-state index is 0.00875. The number of ether oxygens (including phenoxy) is 1. The van der Waals surface area contributed by atoms with E-state index < -0.39 is 30.2 Å². The summed E-state index contributed by atoms with van der Waals surface area (Å²) in [6, 6.07) is 6.23. The highest BCUT2D eigenvalue weighted by Crippen LogP contribution is 2.35. The van der Waals surface area contributed by atoms with E-state index in [4.69, 9.17) is 4.74 Å². The first-order valence-corrected chi connectivity index (χ1v) is 8.32. The second-order valence-electron chi connectivity index (χ2n) is 5.61. The SMILES string of the molecule is CCN(CC)c1ccc(C(F)(F)F)cc1NC(=O)COC(=O)c1ccc[nH]1. The van der Waals surface area contributed by atoms with Crippen LogP contribution in [-0.4, -0.2) is 36.6 Å². The molecule has 0 unspecified atom stereocenters. The zero-order valence-corrected chi connectivity index (χ0v) is 14.9. The van der Waals surface area contributed by atoms with Gasteiger partial charge in [0.25, 0.3) is 5.91 Å². The highest BCUT2D eigenvalue weighted by molar-refractivity contribution is 5.97. The molecule has 6 nitrogen and oxygen atoms in total. The van der Waals surface area contributed by atoms with Crippen LogP contribution in [0.4, 0.5) is 24.5 Å². The van der Waals surface area contributed by atoms with E-state index in [0.717, 1.165) is 12.1 Å². The van der Waals surface area contributed by atoms with E-state index in [1.807, 2.05) is 13.8 Å². The number of aromatic amines is 1. The van der Waals surface area contributed by atoms with Crippen LogP contribution in [0.5, 0.6) is 0 Å². The lowest BCUT2D eigenvalue weighted by atomic mass is 10.1. The summed E-state index contributed by atoms with van der Waals surface area (Å²) in [5.41, 5.74) is -0.241. The first-order chi connectivity index (χ1) is 12.8. The number of nitrogens with zero attached hydrogens (tertiary/aromatic N) is 1. The predicted molar refractivity (Wildman–Crippen MR) is 94.7 cm³/mol. The molecule has 0 atom stereocenters. The van der Waals surface area contributed by atoms with E-state index in [9.17, 15) is 22.8 Å². The molecule has 1 heterocycles. The van der Waals surface area contributed by atoms with Gasteiger partial charge in [-0.05, 0) is 44.2 Å². The van der Waals surface area contributed by atoms with Gasteiger partial charge in [0.15, 0.2) is 6.61 Å². The molecular weight excluding hydrogens is 363 g/mol. The quantitative estimate of drug-likeness (QED) is 0.716. The standard InChI is InChI=1S/C18H20F3N3O3/c1-3-24(4-2)15-8-7-12(18(19,20)21)10-14(15)23-16(25)11-27-17(26)13-6-5-9-22-13/h5-10,22H,3-4,11H2,1-2H3,(H,23,25). The van der Waals surface area contributed by atoms with Gasteiger partial charge in [-0.2, -0.15) is 13.2 Å². The van der Waals surface area contributed by atoms with Gasteiger partial charge in [-0.1, -0.05) is 0 Å². The fourth-order valence-corrected chi connectivity index (χ4v) is 2.50. The minimum Gasteiger partial charge on any atom is -0.451 e. The van der Waals surface area contributed by atoms with Crippen LogP contribution in [-0.2, 0) is 15.7 Å². The number of H-pyrrole nitrogens is 1. The highest BCUT2D eigenvalue weighted by Gasteiger charge is 2.31. The van der Waals surface area contributed by atoms with Crippen molar-refractivity contribution >= 4 is 23.3 Å². The number of esters is 1. The Balaban J connectivity index is 2.16. The van der Waals surface area contributed by atoms with Gasteiger partial charge in [-0.25, -0.2) is 4.79 Å². The summed E-state index contributed by atoms with van der Waals surface area (Å²) in [5, 5.41) is 2.40. The first kappa shape index (κ1) is 20.3. The molecule has 2 aromatic rings. The van der Waals surface area contributed by atoms with Crippen molar-refractivity contribution in [2.24, 2.45) is 0 Å². The number of carbonyl (C=O) groups excluding carboxylic acids is 2. The molecule has 0 fully saturated rings. The molecule has 0 bridgehead atoms. The third-order valence-electron chi connectivity index (χ3n) is 3.85. The van der Waals surface area contributed by atoms with Crippen molar-refractivity contribution in [1.29, 1.82) is 0 Å². The first-order valence-electron chi connectivity index (χ1n) is 8.32. The Morgan fingerprint density at radius 3 is 2.44 bits per heavy atom. The summed E-state index contributed by atoms with van der Waals surface area (Å²) in [5.74, 6) is -1.47. The van der Waals surface area contributed by atoms with Crippen molar-refractivity contribution in [3.05, 3.63) is 47.8 Å². The van der Waals surface area contributed by atoms with E-state index in [2.05, 4.69) is 10.3 Å². The number of hydrogen-bond donors (Lipinski definition) is 2. The molecule has 0 aliphatic carbocycles. The second kappa shape index (κ2) is 8.61. The van der Waals surface area contributed by atoms with E-state index in [1.54, 1.807) is 11.0 Å². The monoisotopic (exact) mass is 383 g/mol. The third-order valence-corrected chi connectivity index (χ3v) is 3.85. The lowest BCUT2D eigenvalue weighted by molar-refractivity contribution is -0.137. The van der Waals surface area contributed by atoms with Crippen LogP contribution in [0.25, 0.3) is 0 Å². The van der Waals surface area contributed by atoms with Crippen LogP contribution in [0.2, 0.25) is 0 Å². The van der Waals surface area contributed by atoms with Crippen LogP contribution in [0.3, 0.4) is 0 Å². The van der Waals surface area contributed by atoms with Gasteiger partial charge in [0, 0.05) is 19.3 Å². The summed E-state index contributed by atoms with van der Waals surface area (Å²) in [6.07, 6.45) is -3.02. The molecule has 0 aliphatic rings. The molecule has 0 spiro atoms. The van der Waals surface area contributed by atoms with Gasteiger partial charge in [0.2, 0.25) is 0 Å². The van der Waals surface area contributed by atoms with Crippen molar-refractivity contribution in [2.45, 2.75) is 20.0 Å². The van der Waals surface area contributed by atoms with Gasteiger partial charge in [0.1, 0.15) is 5.69 Å². The van der Waals surface area contributed by atoms with Crippen LogP contribution >= 0.6 is 0 Å². The van der Waals surface area contributed by atoms with Crippen LogP contribution in [0.15, 0.2) is 36.5 Å². The molecule has 27 heavy (non-hydrogen) atoms. The van der Waals surface area contributed by atoms with Gasteiger partial charge in [-0.15, -0.1) is 0 Å². The average Bonchev–Trinajstić information content (AvgIpc) is 3.15. The Kier molecular flexibility index (Phi) is 6.49. The largest absolute Gasteiger partial charge is 0.451 e. The predicted octanol–water partition coefficient (Wildman–Crippen LogP) is 3.68. The van der Waals surface area contributed by atoms with Crippen LogP contribution in [0, 0.1) is 0 Å². The number of amides is 1. The summed E-state index contributed by atoms with van der Waals surface area (Å²) < 4.78 is 43.9.